The summed E-state index contributed by atoms with van der Waals surface area (Å²) in [5.41, 5.74) is 9.75. The van der Waals surface area contributed by atoms with Crippen LogP contribution in [0.2, 0.25) is 0 Å². The zero-order chi connectivity index (χ0) is 22.0. The average molecular weight is 452 g/mol. The summed E-state index contributed by atoms with van der Waals surface area (Å²) < 4.78 is 1.20. The lowest BCUT2D eigenvalue weighted by atomic mass is 10.0. The van der Waals surface area contributed by atoms with E-state index in [1.165, 1.54) is 21.4 Å². The van der Waals surface area contributed by atoms with Crippen LogP contribution in [0.1, 0.15) is 5.56 Å². The van der Waals surface area contributed by atoms with Crippen LogP contribution >= 0.6 is 11.3 Å². The fourth-order valence-electron chi connectivity index (χ4n) is 4.46. The fraction of sp³-hybridized carbons (Fsp3) is 0.185. The quantitative estimate of drug-likeness (QED) is 0.361. The third-order valence-corrected chi connectivity index (χ3v) is 7.06. The number of piperazine rings is 1. The Morgan fingerprint density at radius 3 is 2.58 bits per heavy atom. The minimum absolute atomic E-state index is 0.980. The number of aromatic nitrogens is 2. The molecule has 0 unspecified atom stereocenters. The number of anilines is 2. The van der Waals surface area contributed by atoms with E-state index < -0.39 is 0 Å². The van der Waals surface area contributed by atoms with Crippen molar-refractivity contribution in [1.29, 1.82) is 0 Å². The highest BCUT2D eigenvalue weighted by Crippen LogP contribution is 2.31. The Balaban J connectivity index is 1.28. The van der Waals surface area contributed by atoms with Crippen LogP contribution in [0.3, 0.4) is 0 Å². The lowest BCUT2D eigenvalue weighted by Gasteiger charge is -2.27. The van der Waals surface area contributed by atoms with Crippen molar-refractivity contribution in [2.75, 3.05) is 31.5 Å². The van der Waals surface area contributed by atoms with Gasteiger partial charge in [-0.2, -0.15) is 0 Å². The maximum atomic E-state index is 4.58. The van der Waals surface area contributed by atoms with E-state index >= 15 is 0 Å². The summed E-state index contributed by atoms with van der Waals surface area (Å²) in [5.74, 6) is 0. The highest BCUT2D eigenvalue weighted by molar-refractivity contribution is 7.16. The van der Waals surface area contributed by atoms with Gasteiger partial charge in [0.25, 0.3) is 0 Å². The molecule has 164 valence electrons. The summed E-state index contributed by atoms with van der Waals surface area (Å²) >= 11 is 1.66. The first-order valence-electron chi connectivity index (χ1n) is 11.3. The van der Waals surface area contributed by atoms with Crippen LogP contribution < -0.4 is 10.6 Å². The average Bonchev–Trinajstić information content (AvgIpc) is 3.33. The number of nitrogens with zero attached hydrogens (tertiary/aromatic N) is 3. The molecule has 33 heavy (non-hydrogen) atoms. The van der Waals surface area contributed by atoms with E-state index in [-0.39, 0.29) is 0 Å². The van der Waals surface area contributed by atoms with Gasteiger partial charge in [0.15, 0.2) is 0 Å². The van der Waals surface area contributed by atoms with E-state index in [4.69, 9.17) is 0 Å². The molecule has 0 bridgehead atoms. The number of hydrogen-bond acceptors (Lipinski definition) is 6. The molecule has 0 atom stereocenters. The van der Waals surface area contributed by atoms with Crippen molar-refractivity contribution < 1.29 is 0 Å². The Morgan fingerprint density at radius 2 is 1.70 bits per heavy atom. The van der Waals surface area contributed by atoms with Crippen molar-refractivity contribution in [2.45, 2.75) is 6.54 Å². The van der Waals surface area contributed by atoms with Gasteiger partial charge in [-0.3, -0.25) is 9.88 Å². The summed E-state index contributed by atoms with van der Waals surface area (Å²) in [6.45, 7) is 5.41. The van der Waals surface area contributed by atoms with Gasteiger partial charge >= 0.3 is 0 Å². The molecule has 0 amide bonds. The van der Waals surface area contributed by atoms with E-state index in [1.54, 1.807) is 11.3 Å². The second kappa shape index (κ2) is 8.90. The maximum Gasteiger partial charge on any atom is 0.0832 e. The van der Waals surface area contributed by atoms with Gasteiger partial charge in [0.1, 0.15) is 0 Å². The number of thiazole rings is 1. The highest BCUT2D eigenvalue weighted by atomic mass is 32.1. The van der Waals surface area contributed by atoms with E-state index in [0.29, 0.717) is 0 Å². The SMILES string of the molecule is c1cc(Nc2ccc3scnc3c2)c2cc(-c3ccc(CN4CCNCC4)cc3)ccc2n1. The van der Waals surface area contributed by atoms with Crippen molar-refractivity contribution in [1.82, 2.24) is 20.2 Å². The van der Waals surface area contributed by atoms with Crippen molar-refractivity contribution in [3.63, 3.8) is 0 Å². The van der Waals surface area contributed by atoms with E-state index in [0.717, 1.165) is 60.5 Å². The molecule has 6 rings (SSSR count). The van der Waals surface area contributed by atoms with Gasteiger partial charge in [0.05, 0.1) is 21.2 Å². The molecule has 0 radical (unpaired) electrons. The number of fused-ring (bicyclic) bond motifs is 2. The molecule has 5 nitrogen and oxygen atoms in total. The molecular weight excluding hydrogens is 426 g/mol. The fourth-order valence-corrected chi connectivity index (χ4v) is 5.11. The minimum atomic E-state index is 0.980. The molecule has 0 spiro atoms. The Bertz CT molecular complexity index is 1400. The molecule has 1 saturated heterocycles. The Hall–Kier alpha value is -3.32. The Kier molecular flexibility index (Phi) is 5.48. The third kappa shape index (κ3) is 4.33. The second-order valence-electron chi connectivity index (χ2n) is 8.47. The minimum Gasteiger partial charge on any atom is -0.355 e. The maximum absolute atomic E-state index is 4.58. The first-order valence-corrected chi connectivity index (χ1v) is 12.2. The zero-order valence-corrected chi connectivity index (χ0v) is 19.1. The summed E-state index contributed by atoms with van der Waals surface area (Å²) in [5, 5.41) is 8.10. The zero-order valence-electron chi connectivity index (χ0n) is 18.3. The number of rotatable bonds is 5. The molecule has 2 aromatic heterocycles. The van der Waals surface area contributed by atoms with Gasteiger partial charge < -0.3 is 10.6 Å². The van der Waals surface area contributed by atoms with E-state index in [9.17, 15) is 0 Å². The highest BCUT2D eigenvalue weighted by Gasteiger charge is 2.10. The van der Waals surface area contributed by atoms with Crippen molar-refractivity contribution >= 4 is 43.8 Å². The van der Waals surface area contributed by atoms with Crippen LogP contribution in [0.4, 0.5) is 11.4 Å². The van der Waals surface area contributed by atoms with Gasteiger partial charge in [-0.05, 0) is 53.1 Å². The molecule has 5 aromatic rings. The van der Waals surface area contributed by atoms with Gasteiger partial charge in [0, 0.05) is 55.7 Å². The normalized spacial score (nSPS) is 14.7. The van der Waals surface area contributed by atoms with Crippen molar-refractivity contribution in [3.8, 4) is 11.1 Å². The van der Waals surface area contributed by atoms with Crippen LogP contribution in [0.5, 0.6) is 0 Å². The molecule has 1 fully saturated rings. The molecule has 1 aliphatic rings. The molecule has 3 aromatic carbocycles. The molecule has 6 heteroatoms. The summed E-state index contributed by atoms with van der Waals surface area (Å²) in [6.07, 6.45) is 1.86. The molecule has 1 aliphatic heterocycles. The second-order valence-corrected chi connectivity index (χ2v) is 9.36. The largest absolute Gasteiger partial charge is 0.355 e. The molecule has 0 saturated carbocycles. The molecule has 0 aliphatic carbocycles. The Labute approximate surface area is 197 Å². The standard InChI is InChI=1S/C27H25N5S/c1-3-20(4-2-19(1)17-32-13-11-28-12-14-32)21-5-7-24-23(15-21)25(9-10-29-24)31-22-6-8-27-26(16-22)30-18-33-27/h1-10,15-16,18,28H,11-14,17H2,(H,29,31). The van der Waals surface area contributed by atoms with Crippen LogP contribution in [-0.4, -0.2) is 41.0 Å². The van der Waals surface area contributed by atoms with Crippen LogP contribution in [-0.2, 0) is 6.54 Å². The smallest absolute Gasteiger partial charge is 0.0832 e. The van der Waals surface area contributed by atoms with Gasteiger partial charge in [-0.1, -0.05) is 30.3 Å². The van der Waals surface area contributed by atoms with E-state index in [2.05, 4.69) is 86.2 Å². The first kappa shape index (κ1) is 20.3. The van der Waals surface area contributed by atoms with Gasteiger partial charge in [-0.15, -0.1) is 11.3 Å². The number of benzene rings is 3. The predicted molar refractivity (Wildman–Crippen MR) is 138 cm³/mol. The topological polar surface area (TPSA) is 53.1 Å². The van der Waals surface area contributed by atoms with Gasteiger partial charge in [0.2, 0.25) is 0 Å². The van der Waals surface area contributed by atoms with Crippen LogP contribution in [0, 0.1) is 0 Å². The number of pyridine rings is 1. The third-order valence-electron chi connectivity index (χ3n) is 6.25. The van der Waals surface area contributed by atoms with E-state index in [1.807, 2.05) is 17.8 Å². The predicted octanol–water partition coefficient (Wildman–Crippen LogP) is 5.66. The summed E-state index contributed by atoms with van der Waals surface area (Å²) in [6, 6.07) is 23.8. The van der Waals surface area contributed by atoms with Crippen molar-refractivity contribution in [2.24, 2.45) is 0 Å². The lowest BCUT2D eigenvalue weighted by Crippen LogP contribution is -2.42. The Morgan fingerprint density at radius 1 is 0.848 bits per heavy atom. The van der Waals surface area contributed by atoms with Gasteiger partial charge in [-0.25, -0.2) is 4.98 Å². The summed E-state index contributed by atoms with van der Waals surface area (Å²) in [4.78, 5) is 11.5. The van der Waals surface area contributed by atoms with Crippen LogP contribution in [0.25, 0.3) is 32.2 Å². The number of nitrogens with one attached hydrogen (secondary N) is 2. The molecular formula is C27H25N5S. The first-order chi connectivity index (χ1) is 16.3. The number of hydrogen-bond donors (Lipinski definition) is 2. The molecule has 3 heterocycles. The lowest BCUT2D eigenvalue weighted by molar-refractivity contribution is 0.233. The monoisotopic (exact) mass is 451 g/mol. The van der Waals surface area contributed by atoms with Crippen molar-refractivity contribution in [3.05, 3.63) is 84.0 Å². The molecule has 2 N–H and O–H groups in total. The van der Waals surface area contributed by atoms with Crippen LogP contribution in [0.15, 0.2) is 78.4 Å². The summed E-state index contributed by atoms with van der Waals surface area (Å²) in [7, 11) is 0.